The van der Waals surface area contributed by atoms with E-state index in [1.807, 2.05) is 6.92 Å². The molecule has 16 heavy (non-hydrogen) atoms. The fourth-order valence-electron chi connectivity index (χ4n) is 2.28. The average molecular weight is 226 g/mol. The third-order valence-electron chi connectivity index (χ3n) is 3.48. The summed E-state index contributed by atoms with van der Waals surface area (Å²) < 4.78 is 5.54. The van der Waals surface area contributed by atoms with E-state index in [9.17, 15) is 4.79 Å². The molecule has 0 N–H and O–H groups in total. The summed E-state index contributed by atoms with van der Waals surface area (Å²) in [5.41, 5.74) is 0. The third kappa shape index (κ3) is 5.00. The highest BCUT2D eigenvalue weighted by Crippen LogP contribution is 2.22. The fourth-order valence-corrected chi connectivity index (χ4v) is 2.28. The van der Waals surface area contributed by atoms with E-state index in [1.54, 1.807) is 0 Å². The van der Waals surface area contributed by atoms with Gasteiger partial charge in [-0.1, -0.05) is 39.5 Å². The Morgan fingerprint density at radius 3 is 2.56 bits per heavy atom. The molecule has 0 radical (unpaired) electrons. The van der Waals surface area contributed by atoms with E-state index >= 15 is 0 Å². The van der Waals surface area contributed by atoms with Crippen molar-refractivity contribution in [1.29, 1.82) is 0 Å². The van der Waals surface area contributed by atoms with Gasteiger partial charge in [0.1, 0.15) is 6.10 Å². The summed E-state index contributed by atoms with van der Waals surface area (Å²) in [5.74, 6) is 0.122. The molecule has 0 amide bonds. The molecule has 1 rings (SSSR count). The number of carbonyl (C=O) groups is 1. The van der Waals surface area contributed by atoms with E-state index in [4.69, 9.17) is 4.74 Å². The van der Waals surface area contributed by atoms with Crippen LogP contribution >= 0.6 is 0 Å². The SMILES string of the molecule is CCCCCC(C)C(=O)OC1CCCCC1. The van der Waals surface area contributed by atoms with Crippen LogP contribution in [0.15, 0.2) is 0 Å². The van der Waals surface area contributed by atoms with Gasteiger partial charge in [0, 0.05) is 0 Å². The number of carbonyl (C=O) groups excluding carboxylic acids is 1. The lowest BCUT2D eigenvalue weighted by atomic mass is 9.97. The van der Waals surface area contributed by atoms with E-state index in [0.717, 1.165) is 25.7 Å². The number of hydrogen-bond acceptors (Lipinski definition) is 2. The van der Waals surface area contributed by atoms with Crippen molar-refractivity contribution in [1.82, 2.24) is 0 Å². The molecule has 0 aromatic carbocycles. The maximum absolute atomic E-state index is 11.8. The average Bonchev–Trinajstić information content (AvgIpc) is 2.30. The fraction of sp³-hybridized carbons (Fsp3) is 0.929. The maximum atomic E-state index is 11.8. The topological polar surface area (TPSA) is 26.3 Å². The Labute approximate surface area is 99.8 Å². The van der Waals surface area contributed by atoms with Crippen LogP contribution in [-0.2, 0) is 9.53 Å². The van der Waals surface area contributed by atoms with Gasteiger partial charge in [0.2, 0.25) is 0 Å². The van der Waals surface area contributed by atoms with Gasteiger partial charge in [0.05, 0.1) is 5.92 Å². The Hall–Kier alpha value is -0.530. The van der Waals surface area contributed by atoms with Crippen molar-refractivity contribution in [3.05, 3.63) is 0 Å². The summed E-state index contributed by atoms with van der Waals surface area (Å²) in [7, 11) is 0. The molecule has 0 saturated heterocycles. The minimum absolute atomic E-state index is 0.0306. The lowest BCUT2D eigenvalue weighted by Crippen LogP contribution is -2.24. The quantitative estimate of drug-likeness (QED) is 0.504. The first kappa shape index (κ1) is 13.5. The van der Waals surface area contributed by atoms with E-state index in [2.05, 4.69) is 6.92 Å². The van der Waals surface area contributed by atoms with Crippen LogP contribution in [0.5, 0.6) is 0 Å². The molecule has 1 fully saturated rings. The first-order chi connectivity index (χ1) is 7.74. The number of esters is 1. The summed E-state index contributed by atoms with van der Waals surface area (Å²) in [6, 6.07) is 0. The third-order valence-corrected chi connectivity index (χ3v) is 3.48. The second-order valence-corrected chi connectivity index (χ2v) is 5.09. The van der Waals surface area contributed by atoms with Gasteiger partial charge in [-0.25, -0.2) is 0 Å². The zero-order chi connectivity index (χ0) is 11.8. The minimum atomic E-state index is 0.0306. The summed E-state index contributed by atoms with van der Waals surface area (Å²) in [6.07, 6.45) is 10.7. The van der Waals surface area contributed by atoms with Gasteiger partial charge in [0.25, 0.3) is 0 Å². The summed E-state index contributed by atoms with van der Waals surface area (Å²) >= 11 is 0. The van der Waals surface area contributed by atoms with Crippen molar-refractivity contribution in [3.8, 4) is 0 Å². The van der Waals surface area contributed by atoms with Crippen LogP contribution in [0.1, 0.15) is 71.6 Å². The van der Waals surface area contributed by atoms with Gasteiger partial charge in [-0.3, -0.25) is 4.79 Å². The lowest BCUT2D eigenvalue weighted by molar-refractivity contribution is -0.155. The molecule has 94 valence electrons. The normalized spacial score (nSPS) is 19.4. The Morgan fingerprint density at radius 1 is 1.25 bits per heavy atom. The summed E-state index contributed by atoms with van der Waals surface area (Å²) in [5, 5.41) is 0. The van der Waals surface area contributed by atoms with Crippen LogP contribution in [0.25, 0.3) is 0 Å². The van der Waals surface area contributed by atoms with Gasteiger partial charge in [0.15, 0.2) is 0 Å². The van der Waals surface area contributed by atoms with Crippen molar-refractivity contribution >= 4 is 5.97 Å². The van der Waals surface area contributed by atoms with Crippen LogP contribution in [0, 0.1) is 5.92 Å². The second-order valence-electron chi connectivity index (χ2n) is 5.09. The Balaban J connectivity index is 2.16. The molecule has 2 heteroatoms. The Kier molecular flexibility index (Phi) is 6.51. The van der Waals surface area contributed by atoms with Crippen LogP contribution in [-0.4, -0.2) is 12.1 Å². The van der Waals surface area contributed by atoms with E-state index < -0.39 is 0 Å². The number of rotatable bonds is 6. The molecule has 1 saturated carbocycles. The summed E-state index contributed by atoms with van der Waals surface area (Å²) in [4.78, 5) is 11.8. The molecule has 1 atom stereocenters. The number of ether oxygens (including phenoxy) is 1. The number of hydrogen-bond donors (Lipinski definition) is 0. The standard InChI is InChI=1S/C14H26O2/c1-3-4-6-9-12(2)14(15)16-13-10-7-5-8-11-13/h12-13H,3-11H2,1-2H3. The molecule has 1 aliphatic rings. The van der Waals surface area contributed by atoms with Crippen LogP contribution in [0.3, 0.4) is 0 Å². The van der Waals surface area contributed by atoms with Crippen molar-refractivity contribution in [3.63, 3.8) is 0 Å². The van der Waals surface area contributed by atoms with Gasteiger partial charge in [-0.15, -0.1) is 0 Å². The lowest BCUT2D eigenvalue weighted by Gasteiger charge is -2.23. The van der Waals surface area contributed by atoms with Crippen molar-refractivity contribution in [2.75, 3.05) is 0 Å². The predicted molar refractivity (Wildman–Crippen MR) is 66.3 cm³/mol. The molecule has 0 aliphatic heterocycles. The highest BCUT2D eigenvalue weighted by molar-refractivity contribution is 5.72. The van der Waals surface area contributed by atoms with E-state index in [-0.39, 0.29) is 18.0 Å². The van der Waals surface area contributed by atoms with Gasteiger partial charge in [-0.2, -0.15) is 0 Å². The maximum Gasteiger partial charge on any atom is 0.308 e. The van der Waals surface area contributed by atoms with Crippen LogP contribution in [0.2, 0.25) is 0 Å². The van der Waals surface area contributed by atoms with E-state index in [1.165, 1.54) is 32.1 Å². The van der Waals surface area contributed by atoms with Gasteiger partial charge in [-0.05, 0) is 32.1 Å². The summed E-state index contributed by atoms with van der Waals surface area (Å²) in [6.45, 7) is 4.19. The molecular formula is C14H26O2. The monoisotopic (exact) mass is 226 g/mol. The second kappa shape index (κ2) is 7.70. The van der Waals surface area contributed by atoms with E-state index in [0.29, 0.717) is 0 Å². The molecule has 0 heterocycles. The highest BCUT2D eigenvalue weighted by Gasteiger charge is 2.21. The highest BCUT2D eigenvalue weighted by atomic mass is 16.5. The minimum Gasteiger partial charge on any atom is -0.462 e. The molecule has 0 aromatic rings. The predicted octanol–water partition coefficient (Wildman–Crippen LogP) is 4.08. The zero-order valence-electron chi connectivity index (χ0n) is 10.8. The first-order valence-electron chi connectivity index (χ1n) is 6.94. The first-order valence-corrected chi connectivity index (χ1v) is 6.94. The Morgan fingerprint density at radius 2 is 1.94 bits per heavy atom. The van der Waals surface area contributed by atoms with Crippen molar-refractivity contribution < 1.29 is 9.53 Å². The van der Waals surface area contributed by atoms with Crippen molar-refractivity contribution in [2.24, 2.45) is 5.92 Å². The molecule has 0 spiro atoms. The van der Waals surface area contributed by atoms with Crippen molar-refractivity contribution in [2.45, 2.75) is 77.7 Å². The number of unbranched alkanes of at least 4 members (excludes halogenated alkanes) is 2. The van der Waals surface area contributed by atoms with Crippen LogP contribution in [0.4, 0.5) is 0 Å². The molecule has 0 bridgehead atoms. The van der Waals surface area contributed by atoms with Crippen LogP contribution < -0.4 is 0 Å². The molecular weight excluding hydrogens is 200 g/mol. The largest absolute Gasteiger partial charge is 0.462 e. The van der Waals surface area contributed by atoms with Gasteiger partial charge >= 0.3 is 5.97 Å². The molecule has 0 aromatic heterocycles. The Bertz CT molecular complexity index is 195. The smallest absolute Gasteiger partial charge is 0.308 e. The zero-order valence-corrected chi connectivity index (χ0v) is 10.8. The van der Waals surface area contributed by atoms with Gasteiger partial charge < -0.3 is 4.74 Å². The molecule has 1 aliphatic carbocycles. The molecule has 1 unspecified atom stereocenters. The molecule has 2 nitrogen and oxygen atoms in total.